The zero-order chi connectivity index (χ0) is 24.2. The van der Waals surface area contributed by atoms with Crippen LogP contribution in [0.2, 0.25) is 0 Å². The molecule has 0 saturated carbocycles. The Morgan fingerprint density at radius 1 is 0.571 bits per heavy atom. The van der Waals surface area contributed by atoms with Crippen LogP contribution < -0.4 is 0 Å². The normalized spacial score (nSPS) is 14.3. The fourth-order valence-corrected chi connectivity index (χ4v) is 8.80. The SMILES string of the molecule is Cc1sc(-c2ccccc2)cc1C1=C(c2cc(-c3ccccc3)sc2C)S(=O)(=O)c2ccccc21. The van der Waals surface area contributed by atoms with Crippen molar-refractivity contribution >= 4 is 43.0 Å². The minimum atomic E-state index is -3.67. The zero-order valence-electron chi connectivity index (χ0n) is 19.3. The van der Waals surface area contributed by atoms with E-state index in [1.165, 1.54) is 0 Å². The Hall–Kier alpha value is -3.25. The second kappa shape index (κ2) is 8.45. The fourth-order valence-electron chi connectivity index (χ4n) is 4.75. The topological polar surface area (TPSA) is 34.1 Å². The maximum Gasteiger partial charge on any atom is 0.208 e. The van der Waals surface area contributed by atoms with Crippen molar-refractivity contribution in [1.29, 1.82) is 0 Å². The van der Waals surface area contributed by atoms with E-state index in [2.05, 4.69) is 37.3 Å². The molecule has 0 aliphatic carbocycles. The van der Waals surface area contributed by atoms with Gasteiger partial charge in [-0.25, -0.2) is 8.42 Å². The number of rotatable bonds is 4. The maximum absolute atomic E-state index is 14.0. The number of hydrogen-bond acceptors (Lipinski definition) is 4. The number of hydrogen-bond donors (Lipinski definition) is 0. The van der Waals surface area contributed by atoms with Gasteiger partial charge in [-0.05, 0) is 48.7 Å². The van der Waals surface area contributed by atoms with Gasteiger partial charge in [0.05, 0.1) is 9.80 Å². The molecule has 0 atom stereocenters. The van der Waals surface area contributed by atoms with Crippen LogP contribution in [0.15, 0.2) is 102 Å². The maximum atomic E-state index is 14.0. The van der Waals surface area contributed by atoms with E-state index in [0.29, 0.717) is 9.80 Å². The highest BCUT2D eigenvalue weighted by atomic mass is 32.2. The molecule has 1 aliphatic rings. The summed E-state index contributed by atoms with van der Waals surface area (Å²) in [7, 11) is -3.67. The molecule has 0 amide bonds. The second-order valence-corrected chi connectivity index (χ2v) is 13.0. The zero-order valence-corrected chi connectivity index (χ0v) is 21.7. The van der Waals surface area contributed by atoms with Gasteiger partial charge in [-0.1, -0.05) is 78.9 Å². The molecule has 0 spiro atoms. The summed E-state index contributed by atoms with van der Waals surface area (Å²) in [5.74, 6) is 0. The Morgan fingerprint density at radius 2 is 1.06 bits per heavy atom. The molecule has 0 saturated heterocycles. The molecule has 5 heteroatoms. The van der Waals surface area contributed by atoms with Gasteiger partial charge in [0.15, 0.2) is 0 Å². The molecule has 3 heterocycles. The first-order chi connectivity index (χ1) is 16.9. The molecular weight excluding hydrogens is 489 g/mol. The summed E-state index contributed by atoms with van der Waals surface area (Å²) in [6.45, 7) is 4.10. The lowest BCUT2D eigenvalue weighted by Gasteiger charge is -2.08. The van der Waals surface area contributed by atoms with Crippen LogP contribution >= 0.6 is 22.7 Å². The van der Waals surface area contributed by atoms with Crippen LogP contribution in [-0.4, -0.2) is 8.42 Å². The van der Waals surface area contributed by atoms with Crippen LogP contribution in [0.5, 0.6) is 0 Å². The molecular formula is C30H22O2S3. The average Bonchev–Trinajstić information content (AvgIpc) is 3.52. The van der Waals surface area contributed by atoms with Crippen LogP contribution in [0.1, 0.15) is 26.4 Å². The quantitative estimate of drug-likeness (QED) is 0.243. The third kappa shape index (κ3) is 3.62. The average molecular weight is 511 g/mol. The Morgan fingerprint density at radius 3 is 1.66 bits per heavy atom. The van der Waals surface area contributed by atoms with E-state index in [-0.39, 0.29) is 0 Å². The lowest BCUT2D eigenvalue weighted by molar-refractivity contribution is 0.606. The molecule has 0 N–H and O–H groups in total. The van der Waals surface area contributed by atoms with Crippen molar-refractivity contribution in [2.75, 3.05) is 0 Å². The van der Waals surface area contributed by atoms with E-state index in [0.717, 1.165) is 52.9 Å². The summed E-state index contributed by atoms with van der Waals surface area (Å²) in [5.41, 5.74) is 5.63. The largest absolute Gasteiger partial charge is 0.218 e. The summed E-state index contributed by atoms with van der Waals surface area (Å²) >= 11 is 3.35. The molecule has 172 valence electrons. The van der Waals surface area contributed by atoms with E-state index < -0.39 is 9.84 Å². The Bertz CT molecular complexity index is 1700. The summed E-state index contributed by atoms with van der Waals surface area (Å²) in [5, 5.41) is 0. The Labute approximate surface area is 213 Å². The predicted molar refractivity (Wildman–Crippen MR) is 149 cm³/mol. The van der Waals surface area contributed by atoms with Crippen molar-refractivity contribution < 1.29 is 8.42 Å². The molecule has 2 nitrogen and oxygen atoms in total. The molecule has 6 rings (SSSR count). The van der Waals surface area contributed by atoms with Crippen LogP contribution in [0, 0.1) is 13.8 Å². The molecule has 0 unspecified atom stereocenters. The van der Waals surface area contributed by atoms with Crippen molar-refractivity contribution in [3.05, 3.63) is 124 Å². The fraction of sp³-hybridized carbons (Fsp3) is 0.0667. The van der Waals surface area contributed by atoms with Gasteiger partial charge in [-0.3, -0.25) is 0 Å². The van der Waals surface area contributed by atoms with Gasteiger partial charge in [0.25, 0.3) is 0 Å². The summed E-state index contributed by atoms with van der Waals surface area (Å²) in [6.07, 6.45) is 0. The smallest absolute Gasteiger partial charge is 0.208 e. The van der Waals surface area contributed by atoms with Gasteiger partial charge in [0.1, 0.15) is 0 Å². The third-order valence-corrected chi connectivity index (χ3v) is 10.5. The van der Waals surface area contributed by atoms with Crippen LogP contribution in [-0.2, 0) is 9.84 Å². The first-order valence-corrected chi connectivity index (χ1v) is 14.5. The molecule has 1 aliphatic heterocycles. The predicted octanol–water partition coefficient (Wildman–Crippen LogP) is 8.46. The number of fused-ring (bicyclic) bond motifs is 1. The van der Waals surface area contributed by atoms with Crippen LogP contribution in [0.4, 0.5) is 0 Å². The molecule has 5 aromatic rings. The van der Waals surface area contributed by atoms with Crippen molar-refractivity contribution in [2.24, 2.45) is 0 Å². The highest BCUT2D eigenvalue weighted by Crippen LogP contribution is 2.51. The van der Waals surface area contributed by atoms with Gasteiger partial charge in [0.2, 0.25) is 9.84 Å². The van der Waals surface area contributed by atoms with E-state index in [1.807, 2.05) is 67.6 Å². The van der Waals surface area contributed by atoms with Crippen LogP contribution in [0.25, 0.3) is 31.4 Å². The number of thiophene rings is 2. The van der Waals surface area contributed by atoms with Crippen molar-refractivity contribution in [2.45, 2.75) is 18.7 Å². The number of sulfone groups is 1. The molecule has 35 heavy (non-hydrogen) atoms. The Balaban J connectivity index is 1.63. The summed E-state index contributed by atoms with van der Waals surface area (Å²) in [4.78, 5) is 5.14. The highest BCUT2D eigenvalue weighted by Gasteiger charge is 2.39. The lowest BCUT2D eigenvalue weighted by Crippen LogP contribution is -2.00. The van der Waals surface area contributed by atoms with Crippen molar-refractivity contribution in [3.8, 4) is 20.9 Å². The van der Waals surface area contributed by atoms with E-state index >= 15 is 0 Å². The van der Waals surface area contributed by atoms with Gasteiger partial charge < -0.3 is 0 Å². The summed E-state index contributed by atoms with van der Waals surface area (Å²) < 4.78 is 28.0. The van der Waals surface area contributed by atoms with E-state index in [1.54, 1.807) is 28.7 Å². The lowest BCUT2D eigenvalue weighted by atomic mass is 9.95. The van der Waals surface area contributed by atoms with Gasteiger partial charge in [0, 0.05) is 36.2 Å². The minimum absolute atomic E-state index is 0.392. The highest BCUT2D eigenvalue weighted by molar-refractivity contribution is 8.01. The second-order valence-electron chi connectivity index (χ2n) is 8.60. The third-order valence-electron chi connectivity index (χ3n) is 6.41. The molecule has 3 aromatic carbocycles. The van der Waals surface area contributed by atoms with Crippen LogP contribution in [0.3, 0.4) is 0 Å². The molecule has 0 radical (unpaired) electrons. The standard InChI is InChI=1S/C30H22O2S3/c1-19-24(17-26(33-19)21-11-5-3-6-12-21)29-23-15-9-10-16-28(23)35(31,32)30(29)25-18-27(34-20(25)2)22-13-7-4-8-14-22/h3-18H,1-2H3. The van der Waals surface area contributed by atoms with E-state index in [4.69, 9.17) is 0 Å². The van der Waals surface area contributed by atoms with Gasteiger partial charge >= 0.3 is 0 Å². The molecule has 2 aromatic heterocycles. The first kappa shape index (κ1) is 22.2. The monoisotopic (exact) mass is 510 g/mol. The Kier molecular flexibility index (Phi) is 5.37. The van der Waals surface area contributed by atoms with Crippen molar-refractivity contribution in [1.82, 2.24) is 0 Å². The van der Waals surface area contributed by atoms with Gasteiger partial charge in [-0.2, -0.15) is 0 Å². The number of aryl methyl sites for hydroxylation is 2. The minimum Gasteiger partial charge on any atom is -0.218 e. The number of benzene rings is 3. The first-order valence-electron chi connectivity index (χ1n) is 11.4. The van der Waals surface area contributed by atoms with Crippen molar-refractivity contribution in [3.63, 3.8) is 0 Å². The molecule has 0 fully saturated rings. The van der Waals surface area contributed by atoms with Gasteiger partial charge in [-0.15, -0.1) is 22.7 Å². The van der Waals surface area contributed by atoms with E-state index in [9.17, 15) is 8.42 Å². The molecule has 0 bridgehead atoms. The summed E-state index contributed by atoms with van der Waals surface area (Å²) in [6, 6.07) is 32.0.